The predicted octanol–water partition coefficient (Wildman–Crippen LogP) is 1.63. The monoisotopic (exact) mass is 211 g/mol. The fourth-order valence-electron chi connectivity index (χ4n) is 2.16. The third kappa shape index (κ3) is 1.97. The molecule has 1 aliphatic rings. The Kier molecular flexibility index (Phi) is 3.15. The minimum Gasteiger partial charge on any atom is -0.326 e. The zero-order valence-corrected chi connectivity index (χ0v) is 9.33. The average molecular weight is 211 g/mol. The number of aromatic nitrogens is 1. The van der Waals surface area contributed by atoms with Crippen molar-refractivity contribution in [3.8, 4) is 0 Å². The molecule has 1 aliphatic heterocycles. The Balaban J connectivity index is 2.20. The van der Waals surface area contributed by atoms with Crippen molar-refractivity contribution in [1.82, 2.24) is 9.88 Å². The van der Waals surface area contributed by atoms with Crippen molar-refractivity contribution in [1.29, 1.82) is 0 Å². The molecule has 0 bridgehead atoms. The Hall–Kier alpha value is -0.450. The third-order valence-electron chi connectivity index (χ3n) is 2.92. The van der Waals surface area contributed by atoms with E-state index >= 15 is 0 Å². The SMILES string of the molecule is CN1CCCCC(N)C1c1cncs1. The summed E-state index contributed by atoms with van der Waals surface area (Å²) in [6.07, 6.45) is 5.60. The van der Waals surface area contributed by atoms with Crippen LogP contribution in [0.5, 0.6) is 0 Å². The van der Waals surface area contributed by atoms with Gasteiger partial charge in [-0.3, -0.25) is 9.88 Å². The van der Waals surface area contributed by atoms with Gasteiger partial charge in [-0.1, -0.05) is 6.42 Å². The first-order valence-electron chi connectivity index (χ1n) is 5.13. The van der Waals surface area contributed by atoms with Gasteiger partial charge in [0.2, 0.25) is 0 Å². The summed E-state index contributed by atoms with van der Waals surface area (Å²) in [5, 5.41) is 0. The van der Waals surface area contributed by atoms with Crippen molar-refractivity contribution in [2.75, 3.05) is 13.6 Å². The lowest BCUT2D eigenvalue weighted by molar-refractivity contribution is 0.233. The number of likely N-dealkylation sites (tertiary alicyclic amines) is 1. The maximum absolute atomic E-state index is 6.20. The first-order chi connectivity index (χ1) is 6.79. The van der Waals surface area contributed by atoms with E-state index in [0.29, 0.717) is 6.04 Å². The molecule has 14 heavy (non-hydrogen) atoms. The van der Waals surface area contributed by atoms with Crippen molar-refractivity contribution < 1.29 is 0 Å². The fraction of sp³-hybridized carbons (Fsp3) is 0.700. The van der Waals surface area contributed by atoms with Gasteiger partial charge < -0.3 is 5.73 Å². The van der Waals surface area contributed by atoms with Crippen LogP contribution in [-0.2, 0) is 0 Å². The summed E-state index contributed by atoms with van der Waals surface area (Å²) in [5.41, 5.74) is 8.09. The molecule has 4 heteroatoms. The smallest absolute Gasteiger partial charge is 0.0794 e. The van der Waals surface area contributed by atoms with Crippen LogP contribution >= 0.6 is 11.3 Å². The van der Waals surface area contributed by atoms with Crippen LogP contribution in [0.15, 0.2) is 11.7 Å². The number of rotatable bonds is 1. The van der Waals surface area contributed by atoms with Crippen LogP contribution in [0.3, 0.4) is 0 Å². The maximum Gasteiger partial charge on any atom is 0.0794 e. The van der Waals surface area contributed by atoms with E-state index in [0.717, 1.165) is 13.0 Å². The highest BCUT2D eigenvalue weighted by Crippen LogP contribution is 2.29. The molecule has 2 atom stereocenters. The summed E-state index contributed by atoms with van der Waals surface area (Å²) < 4.78 is 0. The molecule has 2 N–H and O–H groups in total. The van der Waals surface area contributed by atoms with Gasteiger partial charge in [-0.15, -0.1) is 11.3 Å². The Morgan fingerprint density at radius 2 is 2.43 bits per heavy atom. The predicted molar refractivity (Wildman–Crippen MR) is 59.3 cm³/mol. The Bertz CT molecular complexity index is 261. The molecule has 1 fully saturated rings. The second kappa shape index (κ2) is 4.38. The van der Waals surface area contributed by atoms with E-state index in [1.54, 1.807) is 11.3 Å². The lowest BCUT2D eigenvalue weighted by Crippen LogP contribution is -2.37. The molecule has 2 rings (SSSR count). The van der Waals surface area contributed by atoms with Gasteiger partial charge in [-0.2, -0.15) is 0 Å². The number of thiazole rings is 1. The third-order valence-corrected chi connectivity index (χ3v) is 3.77. The summed E-state index contributed by atoms with van der Waals surface area (Å²) in [6.45, 7) is 1.15. The van der Waals surface area contributed by atoms with Gasteiger partial charge in [0.15, 0.2) is 0 Å². The van der Waals surface area contributed by atoms with Gasteiger partial charge >= 0.3 is 0 Å². The molecule has 0 radical (unpaired) electrons. The largest absolute Gasteiger partial charge is 0.326 e. The quantitative estimate of drug-likeness (QED) is 0.767. The van der Waals surface area contributed by atoms with Gasteiger partial charge in [-0.05, 0) is 26.4 Å². The first kappa shape index (κ1) is 10.1. The molecular weight excluding hydrogens is 194 g/mol. The minimum absolute atomic E-state index is 0.267. The molecule has 78 valence electrons. The lowest BCUT2D eigenvalue weighted by atomic mass is 10.0. The van der Waals surface area contributed by atoms with Crippen LogP contribution in [0.1, 0.15) is 30.2 Å². The van der Waals surface area contributed by atoms with Crippen LogP contribution in [0.25, 0.3) is 0 Å². The van der Waals surface area contributed by atoms with E-state index in [2.05, 4.69) is 16.9 Å². The summed E-state index contributed by atoms with van der Waals surface area (Å²) in [4.78, 5) is 7.81. The molecule has 0 aromatic carbocycles. The molecule has 2 heterocycles. The van der Waals surface area contributed by atoms with Crippen molar-refractivity contribution in [3.05, 3.63) is 16.6 Å². The molecule has 3 nitrogen and oxygen atoms in total. The molecule has 1 saturated heterocycles. The van der Waals surface area contributed by atoms with Crippen molar-refractivity contribution >= 4 is 11.3 Å². The highest BCUT2D eigenvalue weighted by Gasteiger charge is 2.27. The zero-order chi connectivity index (χ0) is 9.97. The van der Waals surface area contributed by atoms with E-state index in [1.807, 2.05) is 11.7 Å². The van der Waals surface area contributed by atoms with E-state index < -0.39 is 0 Å². The number of hydrogen-bond donors (Lipinski definition) is 1. The molecule has 0 aliphatic carbocycles. The molecule has 0 spiro atoms. The molecular formula is C10H17N3S. The molecule has 0 amide bonds. The summed E-state index contributed by atoms with van der Waals surface area (Å²) in [7, 11) is 2.16. The Morgan fingerprint density at radius 3 is 3.14 bits per heavy atom. The number of likely N-dealkylation sites (N-methyl/N-ethyl adjacent to an activating group) is 1. The van der Waals surface area contributed by atoms with Gasteiger partial charge in [0, 0.05) is 17.1 Å². The van der Waals surface area contributed by atoms with Gasteiger partial charge in [0.05, 0.1) is 11.6 Å². The van der Waals surface area contributed by atoms with E-state index in [4.69, 9.17) is 5.73 Å². The van der Waals surface area contributed by atoms with E-state index in [1.165, 1.54) is 17.7 Å². The van der Waals surface area contributed by atoms with Crippen LogP contribution in [0.2, 0.25) is 0 Å². The zero-order valence-electron chi connectivity index (χ0n) is 8.52. The molecule has 1 aromatic rings. The maximum atomic E-state index is 6.20. The van der Waals surface area contributed by atoms with E-state index in [9.17, 15) is 0 Å². The topological polar surface area (TPSA) is 42.1 Å². The van der Waals surface area contributed by atoms with Crippen LogP contribution in [0, 0.1) is 0 Å². The second-order valence-corrected chi connectivity index (χ2v) is 4.91. The fourth-order valence-corrected chi connectivity index (χ4v) is 3.02. The van der Waals surface area contributed by atoms with Gasteiger partial charge in [-0.25, -0.2) is 0 Å². The van der Waals surface area contributed by atoms with Gasteiger partial charge in [0.1, 0.15) is 0 Å². The second-order valence-electron chi connectivity index (χ2n) is 3.99. The number of nitrogens with zero attached hydrogens (tertiary/aromatic N) is 2. The molecule has 1 aromatic heterocycles. The highest BCUT2D eigenvalue weighted by atomic mass is 32.1. The van der Waals surface area contributed by atoms with Crippen LogP contribution < -0.4 is 5.73 Å². The minimum atomic E-state index is 0.267. The van der Waals surface area contributed by atoms with Crippen LogP contribution in [-0.4, -0.2) is 29.5 Å². The summed E-state index contributed by atoms with van der Waals surface area (Å²) >= 11 is 1.71. The number of nitrogens with two attached hydrogens (primary N) is 1. The standard InChI is InChI=1S/C10H17N3S/c1-13-5-3-2-4-8(11)10(13)9-6-12-7-14-9/h6-8,10H,2-5,11H2,1H3. The van der Waals surface area contributed by atoms with Crippen LogP contribution in [0.4, 0.5) is 0 Å². The molecule has 0 saturated carbocycles. The Labute approximate surface area is 88.9 Å². The van der Waals surface area contributed by atoms with Crippen molar-refractivity contribution in [3.63, 3.8) is 0 Å². The Morgan fingerprint density at radius 1 is 1.57 bits per heavy atom. The van der Waals surface area contributed by atoms with Gasteiger partial charge in [0.25, 0.3) is 0 Å². The number of hydrogen-bond acceptors (Lipinski definition) is 4. The highest BCUT2D eigenvalue weighted by molar-refractivity contribution is 7.09. The normalized spacial score (nSPS) is 30.1. The first-order valence-corrected chi connectivity index (χ1v) is 6.01. The van der Waals surface area contributed by atoms with E-state index in [-0.39, 0.29) is 6.04 Å². The summed E-state index contributed by atoms with van der Waals surface area (Å²) in [5.74, 6) is 0. The average Bonchev–Trinajstić information content (AvgIpc) is 2.61. The van der Waals surface area contributed by atoms with Crippen molar-refractivity contribution in [2.24, 2.45) is 5.73 Å². The summed E-state index contributed by atoms with van der Waals surface area (Å²) in [6, 6.07) is 0.646. The molecule has 2 unspecified atom stereocenters. The van der Waals surface area contributed by atoms with Crippen molar-refractivity contribution in [2.45, 2.75) is 31.3 Å². The lowest BCUT2D eigenvalue weighted by Gasteiger charge is -2.28.